The highest BCUT2D eigenvalue weighted by molar-refractivity contribution is 5.44. The van der Waals surface area contributed by atoms with Crippen molar-refractivity contribution >= 4 is 0 Å². The zero-order valence-corrected chi connectivity index (χ0v) is 14.0. The molecule has 2 saturated heterocycles. The van der Waals surface area contributed by atoms with Gasteiger partial charge >= 0.3 is 0 Å². The highest BCUT2D eigenvalue weighted by atomic mass is 16.7. The third kappa shape index (κ3) is 3.18. The van der Waals surface area contributed by atoms with Crippen LogP contribution in [0.25, 0.3) is 0 Å². The van der Waals surface area contributed by atoms with Crippen LogP contribution in [0.15, 0.2) is 18.2 Å². The van der Waals surface area contributed by atoms with Gasteiger partial charge < -0.3 is 19.1 Å². The number of likely N-dealkylation sites (tertiary alicyclic amines) is 1. The van der Waals surface area contributed by atoms with Crippen LogP contribution in [0.1, 0.15) is 12.0 Å². The molecule has 126 valence electrons. The molecule has 0 spiro atoms. The molecule has 4 rings (SSSR count). The van der Waals surface area contributed by atoms with Crippen LogP contribution in [0.2, 0.25) is 0 Å². The van der Waals surface area contributed by atoms with Crippen molar-refractivity contribution in [1.29, 1.82) is 0 Å². The normalized spacial score (nSPS) is 30.0. The van der Waals surface area contributed by atoms with Crippen LogP contribution in [0.4, 0.5) is 0 Å². The third-order valence-electron chi connectivity index (χ3n) is 5.28. The highest BCUT2D eigenvalue weighted by Crippen LogP contribution is 2.36. The van der Waals surface area contributed by atoms with E-state index in [9.17, 15) is 0 Å². The van der Waals surface area contributed by atoms with Gasteiger partial charge in [0.1, 0.15) is 0 Å². The molecule has 3 atom stereocenters. The number of nitrogens with zero attached hydrogens (tertiary/aromatic N) is 2. The molecule has 2 fully saturated rings. The van der Waals surface area contributed by atoms with Gasteiger partial charge in [-0.3, -0.25) is 4.90 Å². The Morgan fingerprint density at radius 1 is 1.22 bits per heavy atom. The van der Waals surface area contributed by atoms with Crippen LogP contribution in [-0.4, -0.2) is 63.0 Å². The molecule has 1 aromatic rings. The smallest absolute Gasteiger partial charge is 0.231 e. The number of ether oxygens (including phenoxy) is 3. The van der Waals surface area contributed by atoms with E-state index < -0.39 is 0 Å². The molecule has 0 aromatic heterocycles. The van der Waals surface area contributed by atoms with Gasteiger partial charge in [-0.2, -0.15) is 0 Å². The SMILES string of the molecule is CN(C)C[C@@H]1OC[C@H]2CCN(Cc3ccc4c(c3)OCO4)C[C@H]21. The number of fused-ring (bicyclic) bond motifs is 2. The fraction of sp³-hybridized carbons (Fsp3) is 0.667. The summed E-state index contributed by atoms with van der Waals surface area (Å²) in [6.45, 7) is 5.59. The Hall–Kier alpha value is -1.30. The van der Waals surface area contributed by atoms with Crippen LogP contribution < -0.4 is 9.47 Å². The fourth-order valence-electron chi connectivity index (χ4n) is 4.09. The maximum Gasteiger partial charge on any atom is 0.231 e. The minimum atomic E-state index is 0.343. The van der Waals surface area contributed by atoms with Crippen molar-refractivity contribution in [3.63, 3.8) is 0 Å². The first kappa shape index (κ1) is 15.2. The molecule has 23 heavy (non-hydrogen) atoms. The Labute approximate surface area is 138 Å². The number of benzene rings is 1. The van der Waals surface area contributed by atoms with Gasteiger partial charge in [0.15, 0.2) is 11.5 Å². The second-order valence-corrected chi connectivity index (χ2v) is 7.27. The van der Waals surface area contributed by atoms with E-state index in [2.05, 4.69) is 36.0 Å². The standard InChI is InChI=1S/C18H26N2O3/c1-19(2)10-18-15-9-20(6-5-14(15)11-21-18)8-13-3-4-16-17(7-13)23-12-22-16/h3-4,7,14-15,18H,5-6,8-12H2,1-2H3/t14-,15-,18+/m1/s1. The van der Waals surface area contributed by atoms with E-state index in [4.69, 9.17) is 14.2 Å². The predicted molar refractivity (Wildman–Crippen MR) is 87.7 cm³/mol. The van der Waals surface area contributed by atoms with Crippen LogP contribution in [0.3, 0.4) is 0 Å². The van der Waals surface area contributed by atoms with Crippen LogP contribution in [-0.2, 0) is 11.3 Å². The Kier molecular flexibility index (Phi) is 4.18. The van der Waals surface area contributed by atoms with E-state index in [-0.39, 0.29) is 0 Å². The lowest BCUT2D eigenvalue weighted by Crippen LogP contribution is -2.44. The molecule has 0 aliphatic carbocycles. The zero-order chi connectivity index (χ0) is 15.8. The summed E-state index contributed by atoms with van der Waals surface area (Å²) < 4.78 is 17.0. The van der Waals surface area contributed by atoms with Crippen molar-refractivity contribution < 1.29 is 14.2 Å². The molecular formula is C18H26N2O3. The first-order chi connectivity index (χ1) is 11.2. The number of piperidine rings is 1. The molecule has 0 unspecified atom stereocenters. The summed E-state index contributed by atoms with van der Waals surface area (Å²) in [6.07, 6.45) is 1.63. The third-order valence-corrected chi connectivity index (χ3v) is 5.28. The topological polar surface area (TPSA) is 34.2 Å². The molecule has 5 heteroatoms. The minimum Gasteiger partial charge on any atom is -0.454 e. The molecular weight excluding hydrogens is 292 g/mol. The number of likely N-dealkylation sites (N-methyl/N-ethyl adjacent to an activating group) is 1. The summed E-state index contributed by atoms with van der Waals surface area (Å²) in [5.74, 6) is 3.16. The molecule has 1 aromatic carbocycles. The molecule has 0 N–H and O–H groups in total. The minimum absolute atomic E-state index is 0.343. The first-order valence-corrected chi connectivity index (χ1v) is 8.56. The number of hydrogen-bond donors (Lipinski definition) is 0. The lowest BCUT2D eigenvalue weighted by Gasteiger charge is -2.36. The van der Waals surface area contributed by atoms with E-state index in [1.807, 2.05) is 6.07 Å². The van der Waals surface area contributed by atoms with Crippen molar-refractivity contribution in [2.24, 2.45) is 11.8 Å². The summed E-state index contributed by atoms with van der Waals surface area (Å²) in [7, 11) is 4.26. The van der Waals surface area contributed by atoms with Gasteiger partial charge in [0.05, 0.1) is 12.7 Å². The van der Waals surface area contributed by atoms with Gasteiger partial charge in [-0.05, 0) is 50.7 Å². The van der Waals surface area contributed by atoms with Gasteiger partial charge in [0, 0.05) is 25.6 Å². The number of hydrogen-bond acceptors (Lipinski definition) is 5. The molecule has 0 amide bonds. The molecule has 3 heterocycles. The van der Waals surface area contributed by atoms with Crippen LogP contribution in [0, 0.1) is 11.8 Å². The Morgan fingerprint density at radius 3 is 2.96 bits per heavy atom. The van der Waals surface area contributed by atoms with E-state index in [1.165, 1.54) is 12.0 Å². The van der Waals surface area contributed by atoms with Crippen molar-refractivity contribution in [1.82, 2.24) is 9.80 Å². The van der Waals surface area contributed by atoms with E-state index in [1.54, 1.807) is 0 Å². The lowest BCUT2D eigenvalue weighted by atomic mass is 9.84. The summed E-state index contributed by atoms with van der Waals surface area (Å²) in [5.41, 5.74) is 1.30. The van der Waals surface area contributed by atoms with E-state index in [0.29, 0.717) is 18.8 Å². The average Bonchev–Trinajstić information content (AvgIpc) is 3.13. The van der Waals surface area contributed by atoms with E-state index in [0.717, 1.165) is 50.2 Å². The predicted octanol–water partition coefficient (Wildman–Crippen LogP) is 1.81. The van der Waals surface area contributed by atoms with Crippen LogP contribution in [0.5, 0.6) is 11.5 Å². The molecule has 0 bridgehead atoms. The van der Waals surface area contributed by atoms with Gasteiger partial charge in [-0.15, -0.1) is 0 Å². The van der Waals surface area contributed by atoms with Gasteiger partial charge in [0.25, 0.3) is 0 Å². The summed E-state index contributed by atoms with van der Waals surface area (Å²) in [5, 5.41) is 0. The molecule has 3 aliphatic heterocycles. The quantitative estimate of drug-likeness (QED) is 0.846. The second kappa shape index (κ2) is 6.30. The summed E-state index contributed by atoms with van der Waals surface area (Å²) in [6, 6.07) is 6.30. The largest absolute Gasteiger partial charge is 0.454 e. The maximum absolute atomic E-state index is 6.06. The summed E-state index contributed by atoms with van der Waals surface area (Å²) >= 11 is 0. The maximum atomic E-state index is 6.06. The fourth-order valence-corrected chi connectivity index (χ4v) is 4.09. The Morgan fingerprint density at radius 2 is 2.09 bits per heavy atom. The highest BCUT2D eigenvalue weighted by Gasteiger charge is 2.40. The Balaban J connectivity index is 1.40. The summed E-state index contributed by atoms with van der Waals surface area (Å²) in [4.78, 5) is 4.81. The first-order valence-electron chi connectivity index (χ1n) is 8.56. The van der Waals surface area contributed by atoms with Gasteiger partial charge in [-0.25, -0.2) is 0 Å². The van der Waals surface area contributed by atoms with Crippen molar-refractivity contribution in [3.8, 4) is 11.5 Å². The molecule has 0 saturated carbocycles. The number of rotatable bonds is 4. The van der Waals surface area contributed by atoms with Crippen molar-refractivity contribution in [3.05, 3.63) is 23.8 Å². The lowest BCUT2D eigenvalue weighted by molar-refractivity contribution is 0.0543. The van der Waals surface area contributed by atoms with Gasteiger partial charge in [-0.1, -0.05) is 6.07 Å². The molecule has 0 radical (unpaired) electrons. The molecule has 5 nitrogen and oxygen atoms in total. The van der Waals surface area contributed by atoms with Crippen molar-refractivity contribution in [2.45, 2.75) is 19.1 Å². The van der Waals surface area contributed by atoms with Crippen LogP contribution >= 0.6 is 0 Å². The monoisotopic (exact) mass is 318 g/mol. The Bertz CT molecular complexity index is 563. The zero-order valence-electron chi connectivity index (χ0n) is 14.0. The van der Waals surface area contributed by atoms with E-state index >= 15 is 0 Å². The average molecular weight is 318 g/mol. The molecule has 3 aliphatic rings. The van der Waals surface area contributed by atoms with Gasteiger partial charge in [0.2, 0.25) is 6.79 Å². The second-order valence-electron chi connectivity index (χ2n) is 7.27. The van der Waals surface area contributed by atoms with Crippen molar-refractivity contribution in [2.75, 3.05) is 47.1 Å².